The summed E-state index contributed by atoms with van der Waals surface area (Å²) in [5.41, 5.74) is 2.72. The minimum Gasteiger partial charge on any atom is -0.496 e. The van der Waals surface area contributed by atoms with Crippen molar-refractivity contribution in [3.05, 3.63) is 82.7 Å². The number of allylic oxidation sites excluding steroid dienone is 1. The summed E-state index contributed by atoms with van der Waals surface area (Å²) in [5, 5.41) is 2.01. The molecule has 0 N–H and O–H groups in total. The summed E-state index contributed by atoms with van der Waals surface area (Å²) in [4.78, 5) is 33.3. The molecule has 0 saturated carbocycles. The van der Waals surface area contributed by atoms with Gasteiger partial charge in [-0.3, -0.25) is 9.36 Å². The number of hydrogen-bond acceptors (Lipinski definition) is 7. The van der Waals surface area contributed by atoms with Crippen molar-refractivity contribution in [2.24, 2.45) is 4.99 Å². The van der Waals surface area contributed by atoms with E-state index in [1.807, 2.05) is 55.6 Å². The highest BCUT2D eigenvalue weighted by Gasteiger charge is 2.35. The Morgan fingerprint density at radius 2 is 2.03 bits per heavy atom. The van der Waals surface area contributed by atoms with E-state index in [0.29, 0.717) is 32.8 Å². The number of carbonyl (C=O) groups is 1. The minimum atomic E-state index is -0.676. The van der Waals surface area contributed by atoms with Gasteiger partial charge in [-0.15, -0.1) is 11.3 Å². The second kappa shape index (κ2) is 9.89. The zero-order valence-electron chi connectivity index (χ0n) is 19.1. The van der Waals surface area contributed by atoms with Crippen LogP contribution in [0.4, 0.5) is 0 Å². The number of rotatable bonds is 7. The minimum absolute atomic E-state index is 0.181. The lowest BCUT2D eigenvalue weighted by atomic mass is 9.93. The molecule has 0 bridgehead atoms. The van der Waals surface area contributed by atoms with E-state index >= 15 is 0 Å². The second-order valence-corrected chi connectivity index (χ2v) is 9.58. The van der Waals surface area contributed by atoms with Crippen LogP contribution < -0.4 is 19.6 Å². The Bertz CT molecular complexity index is 1390. The Kier molecular flexibility index (Phi) is 6.95. The largest absolute Gasteiger partial charge is 0.496 e. The molecule has 1 aliphatic rings. The van der Waals surface area contributed by atoms with Crippen molar-refractivity contribution in [2.75, 3.05) is 13.7 Å². The molecule has 0 aliphatic carbocycles. The molecule has 172 valence electrons. The van der Waals surface area contributed by atoms with Gasteiger partial charge in [0.25, 0.3) is 5.56 Å². The molecule has 3 aromatic rings. The molecule has 0 saturated heterocycles. The van der Waals surface area contributed by atoms with E-state index in [-0.39, 0.29) is 12.2 Å². The van der Waals surface area contributed by atoms with Gasteiger partial charge in [0.1, 0.15) is 11.8 Å². The summed E-state index contributed by atoms with van der Waals surface area (Å²) in [6.45, 7) is 6.07. The van der Waals surface area contributed by atoms with Crippen LogP contribution in [0.1, 0.15) is 48.7 Å². The zero-order valence-corrected chi connectivity index (χ0v) is 20.7. The summed E-state index contributed by atoms with van der Waals surface area (Å²) >= 11 is 2.94. The summed E-state index contributed by atoms with van der Waals surface area (Å²) in [6, 6.07) is 8.83. The van der Waals surface area contributed by atoms with Crippen molar-refractivity contribution < 1.29 is 14.3 Å². The average molecular weight is 483 g/mol. The quantitative estimate of drug-likeness (QED) is 0.478. The third-order valence-electron chi connectivity index (χ3n) is 5.49. The van der Waals surface area contributed by atoms with Gasteiger partial charge in [-0.2, -0.15) is 0 Å². The van der Waals surface area contributed by atoms with Crippen molar-refractivity contribution in [2.45, 2.75) is 39.7 Å². The van der Waals surface area contributed by atoms with E-state index in [4.69, 9.17) is 14.5 Å². The fourth-order valence-corrected chi connectivity index (χ4v) is 5.89. The van der Waals surface area contributed by atoms with Crippen LogP contribution in [0.3, 0.4) is 0 Å². The number of thiazole rings is 1. The van der Waals surface area contributed by atoms with E-state index in [1.54, 1.807) is 29.9 Å². The van der Waals surface area contributed by atoms with Crippen LogP contribution in [-0.2, 0) is 9.53 Å². The number of ether oxygens (including phenoxy) is 2. The van der Waals surface area contributed by atoms with Crippen molar-refractivity contribution in [1.29, 1.82) is 0 Å². The van der Waals surface area contributed by atoms with Gasteiger partial charge < -0.3 is 9.47 Å². The van der Waals surface area contributed by atoms with E-state index in [1.165, 1.54) is 11.3 Å². The van der Waals surface area contributed by atoms with E-state index < -0.39 is 12.0 Å². The fraction of sp³-hybridized carbons (Fsp3) is 0.320. The normalized spacial score (nSPS) is 15.9. The van der Waals surface area contributed by atoms with Crippen molar-refractivity contribution in [3.63, 3.8) is 0 Å². The van der Waals surface area contributed by atoms with E-state index in [9.17, 15) is 9.59 Å². The lowest BCUT2D eigenvalue weighted by Gasteiger charge is -2.26. The highest BCUT2D eigenvalue weighted by atomic mass is 32.1. The van der Waals surface area contributed by atoms with E-state index in [0.717, 1.165) is 22.4 Å². The summed E-state index contributed by atoms with van der Waals surface area (Å²) in [6.07, 6.45) is 3.33. The molecule has 1 aliphatic heterocycles. The standard InChI is InChI=1S/C25H26N2O4S2/c1-5-9-17-21(24(29)31-6-2)22(16-10-7-8-11-18(16)30-4)27-23(28)20(33-25(27)26-17)14-19-15(3)12-13-32-19/h7-8,10-14,22H,5-6,9H2,1-4H3. The van der Waals surface area contributed by atoms with Crippen LogP contribution in [0.2, 0.25) is 0 Å². The Morgan fingerprint density at radius 3 is 2.70 bits per heavy atom. The van der Waals surface area contributed by atoms with Crippen molar-refractivity contribution in [3.8, 4) is 5.75 Å². The molecule has 6 nitrogen and oxygen atoms in total. The first kappa shape index (κ1) is 23.2. The Hall–Kier alpha value is -2.97. The third-order valence-corrected chi connectivity index (χ3v) is 7.44. The molecular formula is C25H26N2O4S2. The van der Waals surface area contributed by atoms with Crippen molar-refractivity contribution in [1.82, 2.24) is 4.57 Å². The molecule has 0 amide bonds. The average Bonchev–Trinajstić information content (AvgIpc) is 3.35. The monoisotopic (exact) mass is 482 g/mol. The number of aryl methyl sites for hydroxylation is 1. The second-order valence-electron chi connectivity index (χ2n) is 7.62. The maximum atomic E-state index is 13.7. The predicted molar refractivity (Wildman–Crippen MR) is 132 cm³/mol. The molecule has 0 fully saturated rings. The molecule has 1 unspecified atom stereocenters. The highest BCUT2D eigenvalue weighted by Crippen LogP contribution is 2.36. The highest BCUT2D eigenvalue weighted by molar-refractivity contribution is 7.11. The number of aromatic nitrogens is 1. The molecular weight excluding hydrogens is 456 g/mol. The Morgan fingerprint density at radius 1 is 1.24 bits per heavy atom. The van der Waals surface area contributed by atoms with Gasteiger partial charge in [0.2, 0.25) is 0 Å². The SMILES string of the molecule is CCCC1=C(C(=O)OCC)C(c2ccccc2OC)n2c(sc(=Cc3sccc3C)c2=O)=N1. The number of esters is 1. The van der Waals surface area contributed by atoms with Gasteiger partial charge >= 0.3 is 5.97 Å². The number of carbonyl (C=O) groups excluding carboxylic acids is 1. The molecule has 0 radical (unpaired) electrons. The van der Waals surface area contributed by atoms with Gasteiger partial charge in [-0.1, -0.05) is 42.9 Å². The number of para-hydroxylation sites is 1. The van der Waals surface area contributed by atoms with Gasteiger partial charge in [0.05, 0.1) is 29.5 Å². The molecule has 0 spiro atoms. The topological polar surface area (TPSA) is 69.9 Å². The first-order valence-corrected chi connectivity index (χ1v) is 12.6. The maximum Gasteiger partial charge on any atom is 0.338 e. The Balaban J connectivity index is 2.05. The third kappa shape index (κ3) is 4.32. The lowest BCUT2D eigenvalue weighted by molar-refractivity contribution is -0.139. The summed E-state index contributed by atoms with van der Waals surface area (Å²) in [7, 11) is 1.59. The van der Waals surface area contributed by atoms with Crippen LogP contribution >= 0.6 is 22.7 Å². The van der Waals surface area contributed by atoms with Crippen molar-refractivity contribution >= 4 is 34.7 Å². The summed E-state index contributed by atoms with van der Waals surface area (Å²) in [5.74, 6) is 0.148. The number of thiophene rings is 1. The number of methoxy groups -OCH3 is 1. The first-order valence-electron chi connectivity index (χ1n) is 10.9. The smallest absolute Gasteiger partial charge is 0.338 e. The molecule has 1 atom stereocenters. The van der Waals surface area contributed by atoms with Crippen LogP contribution in [0.5, 0.6) is 5.75 Å². The predicted octanol–water partition coefficient (Wildman–Crippen LogP) is 3.96. The fourth-order valence-electron chi connectivity index (χ4n) is 3.96. The maximum absolute atomic E-state index is 13.7. The van der Waals surface area contributed by atoms with Gasteiger partial charge in [0, 0.05) is 10.4 Å². The van der Waals surface area contributed by atoms with Gasteiger partial charge in [-0.05, 0) is 49.4 Å². The van der Waals surface area contributed by atoms with Crippen LogP contribution in [0.25, 0.3) is 6.08 Å². The first-order chi connectivity index (χ1) is 16.0. The van der Waals surface area contributed by atoms with Crippen LogP contribution in [0.15, 0.2) is 56.8 Å². The molecule has 2 aromatic heterocycles. The molecule has 1 aromatic carbocycles. The van der Waals surface area contributed by atoms with Gasteiger partial charge in [-0.25, -0.2) is 9.79 Å². The number of benzene rings is 1. The summed E-state index contributed by atoms with van der Waals surface area (Å²) < 4.78 is 13.2. The molecule has 33 heavy (non-hydrogen) atoms. The molecule has 3 heterocycles. The van der Waals surface area contributed by atoms with E-state index in [2.05, 4.69) is 0 Å². The number of hydrogen-bond donors (Lipinski definition) is 0. The molecule has 8 heteroatoms. The van der Waals surface area contributed by atoms with Crippen LogP contribution in [0, 0.1) is 6.92 Å². The Labute approximate surface area is 200 Å². The zero-order chi connectivity index (χ0) is 23.5. The number of nitrogens with zero attached hydrogens (tertiary/aromatic N) is 2. The lowest BCUT2D eigenvalue weighted by Crippen LogP contribution is -2.40. The van der Waals surface area contributed by atoms with Crippen LogP contribution in [-0.4, -0.2) is 24.3 Å². The van der Waals surface area contributed by atoms with Gasteiger partial charge in [0.15, 0.2) is 4.80 Å². The molecule has 4 rings (SSSR count). The number of fused-ring (bicyclic) bond motifs is 1.